The second-order valence-corrected chi connectivity index (χ2v) is 7.65. The van der Waals surface area contributed by atoms with Crippen molar-refractivity contribution in [3.05, 3.63) is 65.1 Å². The van der Waals surface area contributed by atoms with Gasteiger partial charge in [-0.05, 0) is 37.0 Å². The minimum atomic E-state index is -0.306. The van der Waals surface area contributed by atoms with Crippen LogP contribution in [0.1, 0.15) is 30.3 Å². The molecular weight excluding hydrogens is 412 g/mol. The predicted octanol–water partition coefficient (Wildman–Crippen LogP) is 1.36. The molecule has 0 unspecified atom stereocenters. The van der Waals surface area contributed by atoms with Crippen LogP contribution in [0, 0.1) is 6.92 Å². The summed E-state index contributed by atoms with van der Waals surface area (Å²) in [6.07, 6.45) is 6.84. The number of nitrogens with zero attached hydrogens (tertiary/aromatic N) is 7. The summed E-state index contributed by atoms with van der Waals surface area (Å²) in [5.74, 6) is 3.19. The Morgan fingerprint density at radius 2 is 2.09 bits per heavy atom. The van der Waals surface area contributed by atoms with Gasteiger partial charge in [0.2, 0.25) is 12.1 Å². The molecule has 1 fully saturated rings. The van der Waals surface area contributed by atoms with Crippen LogP contribution in [0.15, 0.2) is 47.9 Å². The smallest absolute Gasteiger partial charge is 0.349 e. The van der Waals surface area contributed by atoms with Crippen molar-refractivity contribution in [3.63, 3.8) is 0 Å². The van der Waals surface area contributed by atoms with Gasteiger partial charge in [0, 0.05) is 31.3 Å². The topological polar surface area (TPSA) is 117 Å². The minimum absolute atomic E-state index is 0.194. The maximum atomic E-state index is 12.5. The number of hydrogen-bond donors (Lipinski definition) is 1. The van der Waals surface area contributed by atoms with E-state index in [2.05, 4.69) is 25.1 Å². The van der Waals surface area contributed by atoms with Gasteiger partial charge in [0.1, 0.15) is 17.3 Å². The van der Waals surface area contributed by atoms with E-state index in [4.69, 9.17) is 9.47 Å². The number of ether oxygens (including phenoxy) is 2. The highest BCUT2D eigenvalue weighted by Crippen LogP contribution is 2.26. The van der Waals surface area contributed by atoms with Crippen molar-refractivity contribution < 1.29 is 14.0 Å². The van der Waals surface area contributed by atoms with Gasteiger partial charge >= 0.3 is 5.69 Å². The Hall–Kier alpha value is -3.86. The monoisotopic (exact) mass is 435 g/mol. The van der Waals surface area contributed by atoms with Crippen LogP contribution >= 0.6 is 0 Å². The molecule has 5 heterocycles. The van der Waals surface area contributed by atoms with E-state index in [-0.39, 0.29) is 11.6 Å². The molecule has 0 radical (unpaired) electrons. The third-order valence-electron chi connectivity index (χ3n) is 5.34. The number of rotatable bonds is 5. The van der Waals surface area contributed by atoms with E-state index in [1.54, 1.807) is 40.0 Å². The first-order valence-electron chi connectivity index (χ1n) is 10.4. The normalized spacial score (nSPS) is 14.6. The summed E-state index contributed by atoms with van der Waals surface area (Å²) in [5.41, 5.74) is 0.330. The molecule has 1 saturated heterocycles. The molecule has 11 heteroatoms. The molecule has 4 aromatic rings. The number of aromatic amines is 1. The second-order valence-electron chi connectivity index (χ2n) is 7.65. The number of aromatic nitrogens is 8. The highest BCUT2D eigenvalue weighted by molar-refractivity contribution is 5.38. The molecule has 0 amide bonds. The molecule has 0 spiro atoms. The fourth-order valence-electron chi connectivity index (χ4n) is 3.64. The fraction of sp³-hybridized carbons (Fsp3) is 0.333. The lowest BCUT2D eigenvalue weighted by Crippen LogP contribution is -2.28. The van der Waals surface area contributed by atoms with Crippen molar-refractivity contribution in [2.24, 2.45) is 7.05 Å². The Bertz CT molecular complexity index is 1300. The van der Waals surface area contributed by atoms with Crippen LogP contribution in [0.2, 0.25) is 0 Å². The number of H-pyrrole nitrogens is 1. The summed E-state index contributed by atoms with van der Waals surface area (Å²) in [7, 11) is 1.84. The summed E-state index contributed by atoms with van der Waals surface area (Å²) in [4.78, 5) is 24.2. The van der Waals surface area contributed by atoms with E-state index in [1.807, 2.05) is 26.4 Å². The van der Waals surface area contributed by atoms with Gasteiger partial charge in [-0.2, -0.15) is 13.9 Å². The largest absolute Gasteiger partial charge is 0.455 e. The summed E-state index contributed by atoms with van der Waals surface area (Å²) in [5, 5.41) is 8.62. The van der Waals surface area contributed by atoms with Gasteiger partial charge in [0.25, 0.3) is 0 Å². The third kappa shape index (κ3) is 4.02. The molecule has 11 nitrogen and oxygen atoms in total. The molecule has 0 bridgehead atoms. The second kappa shape index (κ2) is 8.35. The van der Waals surface area contributed by atoms with Crippen LogP contribution in [-0.2, 0) is 11.8 Å². The highest BCUT2D eigenvalue weighted by Gasteiger charge is 2.21. The summed E-state index contributed by atoms with van der Waals surface area (Å²) in [6, 6.07) is 7.08. The Balaban J connectivity index is 1.37. The maximum Gasteiger partial charge on any atom is 0.349 e. The van der Waals surface area contributed by atoms with Crippen LogP contribution in [0.3, 0.4) is 0 Å². The summed E-state index contributed by atoms with van der Waals surface area (Å²) < 4.78 is 16.2. The van der Waals surface area contributed by atoms with E-state index in [0.717, 1.165) is 12.8 Å². The third-order valence-corrected chi connectivity index (χ3v) is 5.34. The zero-order valence-corrected chi connectivity index (χ0v) is 17.8. The van der Waals surface area contributed by atoms with Crippen molar-refractivity contribution in [1.29, 1.82) is 0 Å². The van der Waals surface area contributed by atoms with E-state index in [0.29, 0.717) is 47.9 Å². The van der Waals surface area contributed by atoms with Gasteiger partial charge in [0.05, 0.1) is 18.9 Å². The zero-order valence-electron chi connectivity index (χ0n) is 17.8. The van der Waals surface area contributed by atoms with Crippen molar-refractivity contribution in [1.82, 2.24) is 34.5 Å². The first-order valence-corrected chi connectivity index (χ1v) is 10.4. The van der Waals surface area contributed by atoms with Crippen molar-refractivity contribution in [3.8, 4) is 23.1 Å². The molecule has 0 aromatic carbocycles. The molecule has 1 aliphatic rings. The Labute approximate surface area is 183 Å². The van der Waals surface area contributed by atoms with Crippen LogP contribution in [0.25, 0.3) is 11.6 Å². The molecular formula is C21H23N8O3+. The molecule has 4 aromatic heterocycles. The molecule has 1 N–H and O–H groups in total. The number of nitrogens with one attached hydrogen (secondary N) is 1. The van der Waals surface area contributed by atoms with Crippen LogP contribution < -0.4 is 15.0 Å². The number of aryl methyl sites for hydroxylation is 2. The molecule has 1 aliphatic heterocycles. The Morgan fingerprint density at radius 3 is 2.84 bits per heavy atom. The molecule has 0 atom stereocenters. The predicted molar refractivity (Wildman–Crippen MR) is 112 cm³/mol. The van der Waals surface area contributed by atoms with Gasteiger partial charge in [0.15, 0.2) is 12.1 Å². The standard InChI is InChI=1S/C21H22N8O3/c1-14-17(32-16-5-8-22-19(11-16)28-12-23-27(2)13-28)3-4-18(24-14)29-21(30)25-20(26-29)15-6-9-31-10-7-15/h3-5,8,11-13,15H,6-7,9-10H2,1-2H3/p+1. The van der Waals surface area contributed by atoms with Gasteiger partial charge < -0.3 is 9.47 Å². The quantitative estimate of drug-likeness (QED) is 0.470. The Morgan fingerprint density at radius 1 is 1.25 bits per heavy atom. The molecule has 164 valence electrons. The van der Waals surface area contributed by atoms with E-state index < -0.39 is 0 Å². The van der Waals surface area contributed by atoms with Crippen LogP contribution in [-0.4, -0.2) is 47.7 Å². The maximum absolute atomic E-state index is 12.5. The highest BCUT2D eigenvalue weighted by atomic mass is 16.5. The first-order chi connectivity index (χ1) is 15.6. The zero-order chi connectivity index (χ0) is 22.1. The number of pyridine rings is 2. The van der Waals surface area contributed by atoms with Crippen molar-refractivity contribution in [2.75, 3.05) is 13.2 Å². The van der Waals surface area contributed by atoms with Crippen molar-refractivity contribution in [2.45, 2.75) is 25.7 Å². The SMILES string of the molecule is Cc1nc(-n2nc(C3CCOCC3)[nH]c2=O)ccc1Oc1ccnc(-[n+]2cnn(C)c2)c1. The molecule has 0 saturated carbocycles. The van der Waals surface area contributed by atoms with Crippen LogP contribution in [0.5, 0.6) is 11.5 Å². The lowest BCUT2D eigenvalue weighted by atomic mass is 10.00. The van der Waals surface area contributed by atoms with Gasteiger partial charge in [-0.15, -0.1) is 10.1 Å². The van der Waals surface area contributed by atoms with E-state index in [9.17, 15) is 4.79 Å². The van der Waals surface area contributed by atoms with Crippen molar-refractivity contribution >= 4 is 0 Å². The van der Waals surface area contributed by atoms with Gasteiger partial charge in [-0.25, -0.2) is 9.78 Å². The van der Waals surface area contributed by atoms with Gasteiger partial charge in [-0.3, -0.25) is 4.98 Å². The summed E-state index contributed by atoms with van der Waals surface area (Å²) in [6.45, 7) is 3.19. The molecule has 32 heavy (non-hydrogen) atoms. The first kappa shape index (κ1) is 20.1. The average Bonchev–Trinajstić information content (AvgIpc) is 3.42. The summed E-state index contributed by atoms with van der Waals surface area (Å²) >= 11 is 0. The number of hydrogen-bond acceptors (Lipinski definition) is 7. The van der Waals surface area contributed by atoms with E-state index in [1.165, 1.54) is 4.68 Å². The van der Waals surface area contributed by atoms with Gasteiger partial charge in [-0.1, -0.05) is 0 Å². The average molecular weight is 435 g/mol. The molecule has 0 aliphatic carbocycles. The van der Waals surface area contributed by atoms with Crippen LogP contribution in [0.4, 0.5) is 0 Å². The lowest BCUT2D eigenvalue weighted by Gasteiger charge is -2.19. The molecule has 5 rings (SSSR count). The lowest BCUT2D eigenvalue weighted by molar-refractivity contribution is -0.600. The minimum Gasteiger partial charge on any atom is -0.455 e. The van der Waals surface area contributed by atoms with E-state index >= 15 is 0 Å². The fourth-order valence-corrected chi connectivity index (χ4v) is 3.64. The Kier molecular flexibility index (Phi) is 5.23.